The van der Waals surface area contributed by atoms with Gasteiger partial charge >= 0.3 is 7.60 Å². The Hall–Kier alpha value is 0.0700. The summed E-state index contributed by atoms with van der Waals surface area (Å²) < 4.78 is 15.2. The zero-order valence-corrected chi connectivity index (χ0v) is 7.61. The van der Waals surface area contributed by atoms with Crippen LogP contribution in [-0.4, -0.2) is 40.4 Å². The molecule has 1 unspecified atom stereocenters. The smallest absolute Gasteiger partial charge is 0.328 e. The van der Waals surface area contributed by atoms with Crippen molar-refractivity contribution in [3.63, 3.8) is 0 Å². The maximum atomic E-state index is 10.3. The number of hydrogen-bond donors (Lipinski definition) is 3. The van der Waals surface area contributed by atoms with E-state index in [1.54, 1.807) is 0 Å². The first kappa shape index (κ1) is 12.1. The lowest BCUT2D eigenvalue weighted by Gasteiger charge is -2.11. The minimum absolute atomic E-state index is 0.0549. The quantitative estimate of drug-likeness (QED) is 0.404. The van der Waals surface area contributed by atoms with Crippen LogP contribution in [0, 0.1) is 6.92 Å². The van der Waals surface area contributed by atoms with Crippen molar-refractivity contribution in [3.05, 3.63) is 6.92 Å². The lowest BCUT2D eigenvalue weighted by atomic mass is 10.4. The maximum absolute atomic E-state index is 10.3. The maximum Gasteiger partial charge on any atom is 0.328 e. The van der Waals surface area contributed by atoms with Gasteiger partial charge in [0.25, 0.3) is 0 Å². The molecule has 0 bridgehead atoms. The summed E-state index contributed by atoms with van der Waals surface area (Å²) in [6.07, 6.45) is -1.08. The highest BCUT2D eigenvalue weighted by molar-refractivity contribution is 7.51. The van der Waals surface area contributed by atoms with Crippen molar-refractivity contribution in [1.82, 2.24) is 0 Å². The van der Waals surface area contributed by atoms with Crippen LogP contribution in [0.4, 0.5) is 0 Å². The zero-order valence-electron chi connectivity index (χ0n) is 6.72. The third kappa shape index (κ3) is 8.17. The summed E-state index contributed by atoms with van der Waals surface area (Å²) in [5.41, 5.74) is 0. The first-order valence-corrected chi connectivity index (χ1v) is 5.35. The van der Waals surface area contributed by atoms with Gasteiger partial charge in [-0.3, -0.25) is 4.57 Å². The molecule has 1 radical (unpaired) electrons. The summed E-state index contributed by atoms with van der Waals surface area (Å²) in [6, 6.07) is 0. The average Bonchev–Trinajstić information content (AvgIpc) is 1.84. The molecule has 0 aromatic carbocycles. The molecule has 0 saturated carbocycles. The van der Waals surface area contributed by atoms with Crippen LogP contribution in [-0.2, 0) is 9.30 Å². The lowest BCUT2D eigenvalue weighted by molar-refractivity contribution is 0.0475. The molecule has 0 aliphatic rings. The van der Waals surface area contributed by atoms with Crippen LogP contribution in [0.1, 0.15) is 6.42 Å². The molecule has 0 aliphatic carbocycles. The Bertz CT molecular complexity index is 154. The minimum atomic E-state index is -4.12. The van der Waals surface area contributed by atoms with Gasteiger partial charge in [0.1, 0.15) is 0 Å². The third-order valence-electron chi connectivity index (χ3n) is 1.05. The fraction of sp³-hybridized carbons (Fsp3) is 0.833. The SMILES string of the molecule is [CH2]CCOCC(O)CP(=O)(O)O. The molecule has 0 fully saturated rings. The lowest BCUT2D eigenvalue weighted by Crippen LogP contribution is -2.20. The summed E-state index contributed by atoms with van der Waals surface area (Å²) in [5.74, 6) is 0. The molecule has 5 nitrogen and oxygen atoms in total. The van der Waals surface area contributed by atoms with Crippen LogP contribution in [0.2, 0.25) is 0 Å². The van der Waals surface area contributed by atoms with Gasteiger partial charge in [-0.2, -0.15) is 0 Å². The van der Waals surface area contributed by atoms with Gasteiger partial charge in [0.2, 0.25) is 0 Å². The molecule has 0 aromatic heterocycles. The number of ether oxygens (including phenoxy) is 1. The molecule has 0 heterocycles. The van der Waals surface area contributed by atoms with Gasteiger partial charge in [-0.15, -0.1) is 0 Å². The molecular formula is C6H14O5P. The molecule has 0 aromatic rings. The van der Waals surface area contributed by atoms with E-state index in [-0.39, 0.29) is 6.61 Å². The van der Waals surface area contributed by atoms with Crippen LogP contribution in [0.3, 0.4) is 0 Å². The first-order valence-electron chi connectivity index (χ1n) is 3.55. The Morgan fingerprint density at radius 3 is 2.50 bits per heavy atom. The van der Waals surface area contributed by atoms with Gasteiger partial charge < -0.3 is 19.6 Å². The van der Waals surface area contributed by atoms with Crippen molar-refractivity contribution in [2.45, 2.75) is 12.5 Å². The molecule has 0 amide bonds. The van der Waals surface area contributed by atoms with Crippen molar-refractivity contribution >= 4 is 7.60 Å². The normalized spacial score (nSPS) is 14.7. The van der Waals surface area contributed by atoms with Crippen LogP contribution in [0.25, 0.3) is 0 Å². The summed E-state index contributed by atoms with van der Waals surface area (Å²) in [7, 11) is -4.12. The Labute approximate surface area is 71.5 Å². The highest BCUT2D eigenvalue weighted by Gasteiger charge is 2.19. The number of rotatable bonds is 6. The van der Waals surface area contributed by atoms with Crippen LogP contribution >= 0.6 is 7.60 Å². The van der Waals surface area contributed by atoms with Gasteiger partial charge in [0, 0.05) is 6.61 Å². The predicted octanol–water partition coefficient (Wildman–Crippen LogP) is -0.234. The zero-order chi connectivity index (χ0) is 9.61. The minimum Gasteiger partial charge on any atom is -0.390 e. The second-order valence-electron chi connectivity index (χ2n) is 2.43. The first-order chi connectivity index (χ1) is 5.45. The van der Waals surface area contributed by atoms with Gasteiger partial charge in [0.15, 0.2) is 0 Å². The topological polar surface area (TPSA) is 87.0 Å². The van der Waals surface area contributed by atoms with Crippen LogP contribution in [0.15, 0.2) is 0 Å². The summed E-state index contributed by atoms with van der Waals surface area (Å²) in [5, 5.41) is 8.97. The van der Waals surface area contributed by atoms with E-state index in [1.807, 2.05) is 0 Å². The van der Waals surface area contributed by atoms with Gasteiger partial charge in [-0.1, -0.05) is 6.92 Å². The van der Waals surface area contributed by atoms with Crippen LogP contribution < -0.4 is 0 Å². The average molecular weight is 197 g/mol. The van der Waals surface area contributed by atoms with E-state index in [4.69, 9.17) is 19.6 Å². The number of aliphatic hydroxyl groups excluding tert-OH is 1. The van der Waals surface area contributed by atoms with Crippen molar-refractivity contribution in [2.75, 3.05) is 19.4 Å². The van der Waals surface area contributed by atoms with Crippen molar-refractivity contribution < 1.29 is 24.2 Å². The third-order valence-corrected chi connectivity index (χ3v) is 1.94. The second-order valence-corrected chi connectivity index (χ2v) is 4.12. The fourth-order valence-corrected chi connectivity index (χ4v) is 1.30. The van der Waals surface area contributed by atoms with Crippen LogP contribution in [0.5, 0.6) is 0 Å². The van der Waals surface area contributed by atoms with E-state index in [0.29, 0.717) is 13.0 Å². The molecule has 0 aliphatic heterocycles. The molecule has 0 rings (SSSR count). The fourth-order valence-electron chi connectivity index (χ4n) is 0.649. The molecule has 6 heteroatoms. The van der Waals surface area contributed by atoms with E-state index in [0.717, 1.165) is 0 Å². The molecule has 3 N–H and O–H groups in total. The predicted molar refractivity (Wildman–Crippen MR) is 43.7 cm³/mol. The number of hydrogen-bond acceptors (Lipinski definition) is 3. The van der Waals surface area contributed by atoms with E-state index in [9.17, 15) is 4.57 Å². The molecule has 1 atom stereocenters. The molecular weight excluding hydrogens is 183 g/mol. The van der Waals surface area contributed by atoms with Gasteiger partial charge in [-0.25, -0.2) is 0 Å². The van der Waals surface area contributed by atoms with Crippen molar-refractivity contribution in [2.24, 2.45) is 0 Å². The Morgan fingerprint density at radius 1 is 1.50 bits per heavy atom. The van der Waals surface area contributed by atoms with Crippen molar-refractivity contribution in [3.8, 4) is 0 Å². The monoisotopic (exact) mass is 197 g/mol. The Balaban J connectivity index is 3.46. The number of aliphatic hydroxyl groups is 1. The van der Waals surface area contributed by atoms with E-state index in [2.05, 4.69) is 6.92 Å². The molecule has 0 spiro atoms. The summed E-state index contributed by atoms with van der Waals surface area (Å²) in [6.45, 7) is 3.83. The highest BCUT2D eigenvalue weighted by atomic mass is 31.2. The van der Waals surface area contributed by atoms with Crippen molar-refractivity contribution in [1.29, 1.82) is 0 Å². The van der Waals surface area contributed by atoms with E-state index < -0.39 is 19.9 Å². The van der Waals surface area contributed by atoms with E-state index in [1.165, 1.54) is 0 Å². The van der Waals surface area contributed by atoms with Gasteiger partial charge in [-0.05, 0) is 6.42 Å². The summed E-state index contributed by atoms with van der Waals surface area (Å²) in [4.78, 5) is 16.9. The Morgan fingerprint density at radius 2 is 2.08 bits per heavy atom. The molecule has 73 valence electrons. The Kier molecular flexibility index (Phi) is 5.70. The van der Waals surface area contributed by atoms with E-state index >= 15 is 0 Å². The standard InChI is InChI=1S/C6H14O5P/c1-2-3-11-4-6(7)5-12(8,9)10/h6-7H,1-5H2,(H2,8,9,10). The largest absolute Gasteiger partial charge is 0.390 e. The molecule has 12 heavy (non-hydrogen) atoms. The summed E-state index contributed by atoms with van der Waals surface area (Å²) >= 11 is 0. The molecule has 0 saturated heterocycles. The van der Waals surface area contributed by atoms with Gasteiger partial charge in [0.05, 0.1) is 18.9 Å². The highest BCUT2D eigenvalue weighted by Crippen LogP contribution is 2.34. The second kappa shape index (κ2) is 5.67.